The number of nitrogens with zero attached hydrogens (tertiary/aromatic N) is 1. The van der Waals surface area contributed by atoms with Crippen LogP contribution in [-0.2, 0) is 9.59 Å². The number of benzene rings is 1. The lowest BCUT2D eigenvalue weighted by molar-refractivity contribution is -0.136. The Labute approximate surface area is 178 Å². The molecule has 1 aliphatic heterocycles. The highest BCUT2D eigenvalue weighted by Gasteiger charge is 2.39. The number of amides is 2. The fraction of sp³-hybridized carbons (Fsp3) is 0.565. The number of hydrogen-bond donors (Lipinski definition) is 0. The molecule has 0 N–H and O–H groups in total. The van der Waals surface area contributed by atoms with Crippen LogP contribution >= 0.6 is 11.8 Å². The second kappa shape index (κ2) is 11.3. The van der Waals surface area contributed by atoms with Gasteiger partial charge in [0.25, 0.3) is 11.8 Å². The van der Waals surface area contributed by atoms with E-state index < -0.39 is 0 Å². The van der Waals surface area contributed by atoms with Crippen LogP contribution in [0.25, 0.3) is 5.57 Å². The van der Waals surface area contributed by atoms with E-state index in [1.165, 1.54) is 35.9 Å². The molecule has 160 valence electrons. The van der Waals surface area contributed by atoms with Crippen molar-refractivity contribution in [3.8, 4) is 11.5 Å². The van der Waals surface area contributed by atoms with Crippen molar-refractivity contribution in [1.29, 1.82) is 0 Å². The SMILES string of the molecule is CCCCCCCCN1C(=O)C(SC(C)C)=C(c2ccc(OC)c(OC)c2)C1=O. The van der Waals surface area contributed by atoms with Crippen LogP contribution in [0.1, 0.15) is 64.9 Å². The van der Waals surface area contributed by atoms with Gasteiger partial charge < -0.3 is 9.47 Å². The van der Waals surface area contributed by atoms with Gasteiger partial charge in [-0.3, -0.25) is 14.5 Å². The van der Waals surface area contributed by atoms with Gasteiger partial charge in [-0.25, -0.2) is 0 Å². The molecule has 0 atom stereocenters. The van der Waals surface area contributed by atoms with E-state index in [0.717, 1.165) is 19.3 Å². The molecule has 5 nitrogen and oxygen atoms in total. The number of rotatable bonds is 12. The van der Waals surface area contributed by atoms with E-state index in [0.29, 0.717) is 34.1 Å². The zero-order valence-electron chi connectivity index (χ0n) is 18.2. The second-order valence-electron chi connectivity index (χ2n) is 7.47. The van der Waals surface area contributed by atoms with Crippen LogP contribution in [0.4, 0.5) is 0 Å². The van der Waals surface area contributed by atoms with Crippen molar-refractivity contribution in [3.05, 3.63) is 28.7 Å². The zero-order chi connectivity index (χ0) is 21.4. The Balaban J connectivity index is 2.24. The van der Waals surface area contributed by atoms with E-state index in [9.17, 15) is 9.59 Å². The Morgan fingerprint density at radius 3 is 2.21 bits per heavy atom. The lowest BCUT2D eigenvalue weighted by Gasteiger charge is -2.15. The highest BCUT2D eigenvalue weighted by atomic mass is 32.2. The molecule has 0 radical (unpaired) electrons. The number of methoxy groups -OCH3 is 2. The predicted octanol–water partition coefficient (Wildman–Crippen LogP) is 5.29. The van der Waals surface area contributed by atoms with E-state index in [4.69, 9.17) is 9.47 Å². The summed E-state index contributed by atoms with van der Waals surface area (Å²) >= 11 is 1.45. The molecule has 1 aromatic carbocycles. The van der Waals surface area contributed by atoms with Crippen molar-refractivity contribution in [1.82, 2.24) is 4.90 Å². The highest BCUT2D eigenvalue weighted by molar-refractivity contribution is 8.04. The largest absolute Gasteiger partial charge is 0.493 e. The topological polar surface area (TPSA) is 55.8 Å². The molecule has 1 heterocycles. The summed E-state index contributed by atoms with van der Waals surface area (Å²) in [6.07, 6.45) is 6.68. The molecule has 0 bridgehead atoms. The normalized spacial score (nSPS) is 14.3. The molecule has 1 aliphatic rings. The van der Waals surface area contributed by atoms with Crippen LogP contribution < -0.4 is 9.47 Å². The molecule has 29 heavy (non-hydrogen) atoms. The average Bonchev–Trinajstić information content (AvgIpc) is 2.93. The van der Waals surface area contributed by atoms with E-state index in [1.54, 1.807) is 26.4 Å². The third kappa shape index (κ3) is 5.78. The number of hydrogen-bond acceptors (Lipinski definition) is 5. The Bertz CT molecular complexity index is 757. The summed E-state index contributed by atoms with van der Waals surface area (Å²) in [5.41, 5.74) is 1.16. The first kappa shape index (κ1) is 23.3. The smallest absolute Gasteiger partial charge is 0.267 e. The van der Waals surface area contributed by atoms with Gasteiger partial charge in [-0.05, 0) is 24.1 Å². The number of thioether (sulfide) groups is 1. The summed E-state index contributed by atoms with van der Waals surface area (Å²) in [4.78, 5) is 28.2. The molecule has 0 spiro atoms. The van der Waals surface area contributed by atoms with Gasteiger partial charge in [-0.2, -0.15) is 0 Å². The molecule has 1 aromatic rings. The first-order valence-corrected chi connectivity index (χ1v) is 11.3. The number of carbonyl (C=O) groups excluding carboxylic acids is 2. The van der Waals surface area contributed by atoms with Gasteiger partial charge >= 0.3 is 0 Å². The predicted molar refractivity (Wildman–Crippen MR) is 119 cm³/mol. The van der Waals surface area contributed by atoms with Crippen molar-refractivity contribution >= 4 is 29.1 Å². The quantitative estimate of drug-likeness (QED) is 0.340. The summed E-state index contributed by atoms with van der Waals surface area (Å²) in [7, 11) is 3.13. The Kier molecular flexibility index (Phi) is 9.08. The molecule has 2 amide bonds. The molecular formula is C23H33NO4S. The Morgan fingerprint density at radius 2 is 1.59 bits per heavy atom. The maximum Gasteiger partial charge on any atom is 0.267 e. The summed E-state index contributed by atoms with van der Waals surface area (Å²) in [5.74, 6) is 0.752. The molecule has 2 rings (SSSR count). The summed E-state index contributed by atoms with van der Waals surface area (Å²) in [6.45, 7) is 6.72. The first-order valence-electron chi connectivity index (χ1n) is 10.4. The zero-order valence-corrected chi connectivity index (χ0v) is 19.1. The van der Waals surface area contributed by atoms with Crippen LogP contribution in [-0.4, -0.2) is 42.7 Å². The van der Waals surface area contributed by atoms with E-state index in [1.807, 2.05) is 19.9 Å². The fourth-order valence-electron chi connectivity index (χ4n) is 3.40. The van der Waals surface area contributed by atoms with Crippen LogP contribution in [0.15, 0.2) is 23.1 Å². The van der Waals surface area contributed by atoms with Gasteiger partial charge in [0.15, 0.2) is 11.5 Å². The fourth-order valence-corrected chi connectivity index (χ4v) is 4.40. The van der Waals surface area contributed by atoms with Crippen LogP contribution in [0, 0.1) is 0 Å². The third-order valence-electron chi connectivity index (χ3n) is 4.89. The van der Waals surface area contributed by atoms with Crippen molar-refractivity contribution in [3.63, 3.8) is 0 Å². The highest BCUT2D eigenvalue weighted by Crippen LogP contribution is 2.40. The van der Waals surface area contributed by atoms with Gasteiger partial charge in [0.2, 0.25) is 0 Å². The third-order valence-corrected chi connectivity index (χ3v) is 5.97. The van der Waals surface area contributed by atoms with Crippen molar-refractivity contribution in [2.45, 2.75) is 64.5 Å². The molecule has 6 heteroatoms. The van der Waals surface area contributed by atoms with Gasteiger partial charge in [-0.1, -0.05) is 58.9 Å². The Morgan fingerprint density at radius 1 is 0.931 bits per heavy atom. The maximum absolute atomic E-state index is 13.2. The van der Waals surface area contributed by atoms with Crippen molar-refractivity contribution in [2.24, 2.45) is 0 Å². The molecule has 0 aromatic heterocycles. The van der Waals surface area contributed by atoms with Crippen molar-refractivity contribution in [2.75, 3.05) is 20.8 Å². The van der Waals surface area contributed by atoms with Gasteiger partial charge in [0, 0.05) is 11.8 Å². The molecule has 0 unspecified atom stereocenters. The minimum absolute atomic E-state index is 0.174. The summed E-state index contributed by atoms with van der Waals surface area (Å²) in [5, 5.41) is 0.200. The number of carbonyl (C=O) groups is 2. The second-order valence-corrected chi connectivity index (χ2v) is 9.06. The minimum Gasteiger partial charge on any atom is -0.493 e. The van der Waals surface area contributed by atoms with Crippen molar-refractivity contribution < 1.29 is 19.1 Å². The van der Waals surface area contributed by atoms with Gasteiger partial charge in [0.05, 0.1) is 24.7 Å². The standard InChI is InChI=1S/C23H33NO4S/c1-6-7-8-9-10-11-14-24-22(25)20(21(23(24)26)29-16(2)3)17-12-13-18(27-4)19(15-17)28-5/h12-13,15-16H,6-11,14H2,1-5H3. The maximum atomic E-state index is 13.2. The van der Waals surface area contributed by atoms with E-state index in [2.05, 4.69) is 6.92 Å². The monoisotopic (exact) mass is 419 g/mol. The molecule has 0 fully saturated rings. The lowest BCUT2D eigenvalue weighted by atomic mass is 10.1. The number of unbranched alkanes of at least 4 members (excludes halogenated alkanes) is 5. The van der Waals surface area contributed by atoms with Crippen LogP contribution in [0.5, 0.6) is 11.5 Å². The average molecular weight is 420 g/mol. The first-order chi connectivity index (χ1) is 13.9. The summed E-state index contributed by atoms with van der Waals surface area (Å²) in [6, 6.07) is 5.36. The molecule has 0 saturated heterocycles. The van der Waals surface area contributed by atoms with Gasteiger partial charge in [-0.15, -0.1) is 11.8 Å². The molecular weight excluding hydrogens is 386 g/mol. The van der Waals surface area contributed by atoms with E-state index >= 15 is 0 Å². The van der Waals surface area contributed by atoms with E-state index in [-0.39, 0.29) is 17.1 Å². The minimum atomic E-state index is -0.209. The number of imide groups is 1. The van der Waals surface area contributed by atoms with Crippen LogP contribution in [0.3, 0.4) is 0 Å². The lowest BCUT2D eigenvalue weighted by Crippen LogP contribution is -2.32. The summed E-state index contributed by atoms with van der Waals surface area (Å²) < 4.78 is 10.7. The molecule has 0 aliphatic carbocycles. The Hall–Kier alpha value is -1.95. The van der Waals surface area contributed by atoms with Gasteiger partial charge in [0.1, 0.15) is 0 Å². The molecule has 0 saturated carbocycles. The number of ether oxygens (including phenoxy) is 2. The van der Waals surface area contributed by atoms with Crippen LogP contribution in [0.2, 0.25) is 0 Å².